The smallest absolute Gasteiger partial charge is 0.222 e. The Bertz CT molecular complexity index is 815. The number of amides is 1. The predicted octanol–water partition coefficient (Wildman–Crippen LogP) is 1.33. The fourth-order valence-electron chi connectivity index (χ4n) is 3.87. The molecule has 1 aliphatic heterocycles. The van der Waals surface area contributed by atoms with Crippen molar-refractivity contribution in [3.8, 4) is 0 Å². The van der Waals surface area contributed by atoms with E-state index in [1.807, 2.05) is 25.4 Å². The maximum Gasteiger partial charge on any atom is 0.222 e. The van der Waals surface area contributed by atoms with Crippen LogP contribution in [0.15, 0.2) is 30.7 Å². The number of pyridine rings is 1. The maximum absolute atomic E-state index is 12.9. The van der Waals surface area contributed by atoms with Crippen molar-refractivity contribution in [2.45, 2.75) is 58.5 Å². The Morgan fingerprint density at radius 1 is 1.42 bits per heavy atom. The lowest BCUT2D eigenvalue weighted by molar-refractivity contribution is -0.136. The molecule has 1 amide bonds. The van der Waals surface area contributed by atoms with Crippen LogP contribution in [0.2, 0.25) is 0 Å². The minimum absolute atomic E-state index is 0.0513. The zero-order valence-corrected chi connectivity index (χ0v) is 18.7. The largest absolute Gasteiger partial charge is 0.394 e. The number of ether oxygens (including phenoxy) is 1. The SMILES string of the molecule is C[C@@H]1CN([C@@H](C)CO)C(=O)CCCn2cc(nn2)CO[C@H]1CN(C)Cc1cccnc1. The summed E-state index contributed by atoms with van der Waals surface area (Å²) in [6, 6.07) is 3.76. The lowest BCUT2D eigenvalue weighted by Gasteiger charge is -2.35. The van der Waals surface area contributed by atoms with Gasteiger partial charge in [0.15, 0.2) is 0 Å². The second-order valence-electron chi connectivity index (χ2n) is 8.54. The van der Waals surface area contributed by atoms with Gasteiger partial charge in [0.05, 0.1) is 31.6 Å². The molecule has 1 N–H and O–H groups in total. The molecule has 0 radical (unpaired) electrons. The van der Waals surface area contributed by atoms with Gasteiger partial charge in [0.1, 0.15) is 5.69 Å². The van der Waals surface area contributed by atoms with E-state index in [1.165, 1.54) is 0 Å². The van der Waals surface area contributed by atoms with Gasteiger partial charge in [-0.2, -0.15) is 0 Å². The van der Waals surface area contributed by atoms with E-state index in [9.17, 15) is 9.90 Å². The highest BCUT2D eigenvalue weighted by molar-refractivity contribution is 5.76. The van der Waals surface area contributed by atoms with Gasteiger partial charge in [0, 0.05) is 50.9 Å². The molecule has 0 saturated carbocycles. The molecule has 3 rings (SSSR count). The van der Waals surface area contributed by atoms with Gasteiger partial charge in [0.2, 0.25) is 5.91 Å². The summed E-state index contributed by atoms with van der Waals surface area (Å²) in [6.07, 6.45) is 6.51. The van der Waals surface area contributed by atoms with Crippen molar-refractivity contribution < 1.29 is 14.6 Å². The number of aliphatic hydroxyl groups excluding tert-OH is 1. The molecule has 31 heavy (non-hydrogen) atoms. The van der Waals surface area contributed by atoms with Gasteiger partial charge in [-0.15, -0.1) is 5.10 Å². The van der Waals surface area contributed by atoms with E-state index in [4.69, 9.17) is 4.74 Å². The van der Waals surface area contributed by atoms with Crippen LogP contribution in [0.25, 0.3) is 0 Å². The monoisotopic (exact) mass is 430 g/mol. The first-order chi connectivity index (χ1) is 15.0. The Labute approximate surface area is 184 Å². The molecule has 0 aliphatic carbocycles. The van der Waals surface area contributed by atoms with E-state index < -0.39 is 0 Å². The molecule has 9 heteroatoms. The molecule has 3 heterocycles. The summed E-state index contributed by atoms with van der Waals surface area (Å²) in [5, 5.41) is 18.1. The number of rotatable bonds is 6. The zero-order chi connectivity index (χ0) is 22.2. The Hall–Kier alpha value is -2.36. The number of carbonyl (C=O) groups is 1. The number of aryl methyl sites for hydroxylation is 1. The van der Waals surface area contributed by atoms with Crippen LogP contribution in [0.1, 0.15) is 37.9 Å². The van der Waals surface area contributed by atoms with Crippen molar-refractivity contribution in [1.82, 2.24) is 29.8 Å². The van der Waals surface area contributed by atoms with Gasteiger partial charge in [-0.3, -0.25) is 19.4 Å². The molecule has 2 aromatic rings. The van der Waals surface area contributed by atoms with Crippen LogP contribution in [0.3, 0.4) is 0 Å². The van der Waals surface area contributed by atoms with E-state index in [2.05, 4.69) is 40.2 Å². The van der Waals surface area contributed by atoms with Crippen molar-refractivity contribution in [3.05, 3.63) is 42.0 Å². The van der Waals surface area contributed by atoms with E-state index in [-0.39, 0.29) is 30.6 Å². The van der Waals surface area contributed by atoms with Crippen LogP contribution in [-0.2, 0) is 29.2 Å². The molecule has 2 bridgehead atoms. The zero-order valence-electron chi connectivity index (χ0n) is 18.7. The summed E-state index contributed by atoms with van der Waals surface area (Å²) >= 11 is 0. The highest BCUT2D eigenvalue weighted by Crippen LogP contribution is 2.18. The molecule has 170 valence electrons. The third-order valence-corrected chi connectivity index (χ3v) is 5.71. The Morgan fingerprint density at radius 2 is 2.26 bits per heavy atom. The summed E-state index contributed by atoms with van der Waals surface area (Å²) in [7, 11) is 2.06. The number of hydrogen-bond acceptors (Lipinski definition) is 7. The molecular formula is C22H34N6O3. The normalized spacial score (nSPS) is 22.0. The molecular weight excluding hydrogens is 396 g/mol. The number of aliphatic hydroxyl groups is 1. The fourth-order valence-corrected chi connectivity index (χ4v) is 3.87. The van der Waals surface area contributed by atoms with Crippen molar-refractivity contribution in [3.63, 3.8) is 0 Å². The van der Waals surface area contributed by atoms with E-state index in [0.717, 1.165) is 17.8 Å². The molecule has 0 saturated heterocycles. The Morgan fingerprint density at radius 3 is 3.00 bits per heavy atom. The average molecular weight is 431 g/mol. The van der Waals surface area contributed by atoms with Gasteiger partial charge in [-0.1, -0.05) is 18.2 Å². The second kappa shape index (κ2) is 11.3. The number of fused-ring (bicyclic) bond motifs is 2. The summed E-state index contributed by atoms with van der Waals surface area (Å²) in [5.74, 6) is 0.126. The summed E-state index contributed by atoms with van der Waals surface area (Å²) in [6.45, 7) is 6.92. The van der Waals surface area contributed by atoms with Gasteiger partial charge in [-0.05, 0) is 32.0 Å². The number of aromatic nitrogens is 4. The topological polar surface area (TPSA) is 96.6 Å². The molecule has 0 fully saturated rings. The number of hydrogen-bond donors (Lipinski definition) is 1. The van der Waals surface area contributed by atoms with E-state index in [1.54, 1.807) is 15.8 Å². The highest BCUT2D eigenvalue weighted by atomic mass is 16.5. The van der Waals surface area contributed by atoms with Crippen LogP contribution in [0, 0.1) is 5.92 Å². The molecule has 2 aromatic heterocycles. The van der Waals surface area contributed by atoms with Crippen molar-refractivity contribution in [1.29, 1.82) is 0 Å². The Balaban J connectivity index is 1.76. The average Bonchev–Trinajstić information content (AvgIpc) is 3.22. The third-order valence-electron chi connectivity index (χ3n) is 5.71. The van der Waals surface area contributed by atoms with Crippen LogP contribution in [0.4, 0.5) is 0 Å². The standard InChI is InChI=1S/C22H34N6O3/c1-17-11-28(18(2)15-29)22(30)7-5-9-27-13-20(24-25-27)16-31-21(17)14-26(3)12-19-6-4-8-23-10-19/h4,6,8,10,13,17-18,21,29H,5,7,9,11-12,14-16H2,1-3H3/t17-,18+,21+/m1/s1. The predicted molar refractivity (Wildman–Crippen MR) is 116 cm³/mol. The molecule has 1 aliphatic rings. The van der Waals surface area contributed by atoms with E-state index >= 15 is 0 Å². The van der Waals surface area contributed by atoms with Gasteiger partial charge in [-0.25, -0.2) is 0 Å². The van der Waals surface area contributed by atoms with Crippen LogP contribution >= 0.6 is 0 Å². The van der Waals surface area contributed by atoms with Crippen LogP contribution in [0.5, 0.6) is 0 Å². The van der Waals surface area contributed by atoms with Gasteiger partial charge < -0.3 is 14.7 Å². The minimum Gasteiger partial charge on any atom is -0.394 e. The summed E-state index contributed by atoms with van der Waals surface area (Å²) < 4.78 is 8.06. The molecule has 3 atom stereocenters. The summed E-state index contributed by atoms with van der Waals surface area (Å²) in [5.41, 5.74) is 1.93. The third kappa shape index (κ3) is 6.81. The summed E-state index contributed by atoms with van der Waals surface area (Å²) in [4.78, 5) is 21.1. The fraction of sp³-hybridized carbons (Fsp3) is 0.636. The first kappa shape index (κ1) is 23.3. The van der Waals surface area contributed by atoms with Crippen LogP contribution in [-0.4, -0.2) is 79.7 Å². The number of nitrogens with zero attached hydrogens (tertiary/aromatic N) is 6. The Kier molecular flexibility index (Phi) is 8.51. The molecule has 0 aromatic carbocycles. The van der Waals surface area contributed by atoms with Gasteiger partial charge >= 0.3 is 0 Å². The van der Waals surface area contributed by atoms with Gasteiger partial charge in [0.25, 0.3) is 0 Å². The minimum atomic E-state index is -0.230. The van der Waals surface area contributed by atoms with E-state index in [0.29, 0.717) is 39.1 Å². The quantitative estimate of drug-likeness (QED) is 0.738. The maximum atomic E-state index is 12.9. The molecule has 0 unspecified atom stereocenters. The van der Waals surface area contributed by atoms with Crippen LogP contribution < -0.4 is 0 Å². The van der Waals surface area contributed by atoms with Crippen molar-refractivity contribution in [2.24, 2.45) is 5.92 Å². The second-order valence-corrected chi connectivity index (χ2v) is 8.54. The lowest BCUT2D eigenvalue weighted by Crippen LogP contribution is -2.47. The number of carbonyl (C=O) groups excluding carboxylic acids is 1. The number of likely N-dealkylation sites (N-methyl/N-ethyl adjacent to an activating group) is 1. The first-order valence-corrected chi connectivity index (χ1v) is 10.9. The lowest BCUT2D eigenvalue weighted by atomic mass is 10.0. The molecule has 0 spiro atoms. The van der Waals surface area contributed by atoms with Crippen molar-refractivity contribution in [2.75, 3.05) is 26.7 Å². The molecule has 9 nitrogen and oxygen atoms in total. The first-order valence-electron chi connectivity index (χ1n) is 10.9. The highest BCUT2D eigenvalue weighted by Gasteiger charge is 2.28. The van der Waals surface area contributed by atoms with Crippen molar-refractivity contribution >= 4 is 5.91 Å².